The van der Waals surface area contributed by atoms with E-state index in [1.54, 1.807) is 48.5 Å². The molecule has 0 unspecified atom stereocenters. The lowest BCUT2D eigenvalue weighted by molar-refractivity contribution is 0.0601. The van der Waals surface area contributed by atoms with Crippen LogP contribution in [0.3, 0.4) is 0 Å². The molecular formula is C22H17ClN4O4S. The van der Waals surface area contributed by atoms with Crippen LogP contribution in [0.15, 0.2) is 77.7 Å². The van der Waals surface area contributed by atoms with Gasteiger partial charge in [0.05, 0.1) is 33.6 Å². The zero-order valence-corrected chi connectivity index (χ0v) is 18.3. The summed E-state index contributed by atoms with van der Waals surface area (Å²) >= 11 is 6.09. The number of rotatable bonds is 6. The van der Waals surface area contributed by atoms with E-state index < -0.39 is 16.0 Å². The highest BCUT2D eigenvalue weighted by Crippen LogP contribution is 2.29. The van der Waals surface area contributed by atoms with E-state index in [2.05, 4.69) is 20.0 Å². The van der Waals surface area contributed by atoms with Crippen molar-refractivity contribution in [2.45, 2.75) is 4.90 Å². The van der Waals surface area contributed by atoms with Gasteiger partial charge >= 0.3 is 5.97 Å². The summed E-state index contributed by atoms with van der Waals surface area (Å²) in [6.45, 7) is 0. The largest absolute Gasteiger partial charge is 0.465 e. The lowest BCUT2D eigenvalue weighted by atomic mass is 10.2. The highest BCUT2D eigenvalue weighted by Gasteiger charge is 2.19. The summed E-state index contributed by atoms with van der Waals surface area (Å²) in [5.74, 6) is -0.447. The Bertz CT molecular complexity index is 1410. The fourth-order valence-corrected chi connectivity index (χ4v) is 4.18. The molecule has 162 valence electrons. The molecule has 0 aliphatic carbocycles. The van der Waals surface area contributed by atoms with E-state index in [9.17, 15) is 13.2 Å². The fraction of sp³-hybridized carbons (Fsp3) is 0.0455. The molecule has 10 heteroatoms. The number of para-hydroxylation sites is 2. The van der Waals surface area contributed by atoms with Crippen LogP contribution in [0.4, 0.5) is 17.3 Å². The van der Waals surface area contributed by atoms with Crippen molar-refractivity contribution < 1.29 is 17.9 Å². The number of nitrogens with one attached hydrogen (secondary N) is 2. The maximum Gasteiger partial charge on any atom is 0.339 e. The third-order valence-corrected chi connectivity index (χ3v) is 6.17. The highest BCUT2D eigenvalue weighted by molar-refractivity contribution is 7.92. The predicted octanol–water partition coefficient (Wildman–Crippen LogP) is 4.61. The highest BCUT2D eigenvalue weighted by atomic mass is 35.5. The second kappa shape index (κ2) is 8.81. The molecular weight excluding hydrogens is 452 g/mol. The quantitative estimate of drug-likeness (QED) is 0.397. The number of esters is 1. The lowest BCUT2D eigenvalue weighted by Crippen LogP contribution is -2.16. The van der Waals surface area contributed by atoms with Crippen LogP contribution in [0.5, 0.6) is 0 Å². The summed E-state index contributed by atoms with van der Waals surface area (Å²) in [5, 5.41) is 3.24. The van der Waals surface area contributed by atoms with E-state index in [1.165, 1.54) is 31.4 Å². The van der Waals surface area contributed by atoms with Gasteiger partial charge in [-0.2, -0.15) is 0 Å². The van der Waals surface area contributed by atoms with Crippen molar-refractivity contribution in [1.29, 1.82) is 0 Å². The second-order valence-corrected chi connectivity index (χ2v) is 8.73. The van der Waals surface area contributed by atoms with Crippen molar-refractivity contribution in [2.75, 3.05) is 17.1 Å². The number of fused-ring (bicyclic) bond motifs is 1. The van der Waals surface area contributed by atoms with Gasteiger partial charge in [0.1, 0.15) is 0 Å². The van der Waals surface area contributed by atoms with Gasteiger partial charge in [-0.25, -0.2) is 23.2 Å². The van der Waals surface area contributed by atoms with Gasteiger partial charge in [-0.1, -0.05) is 41.9 Å². The summed E-state index contributed by atoms with van der Waals surface area (Å²) < 4.78 is 33.0. The number of methoxy groups -OCH3 is 1. The Kier molecular flexibility index (Phi) is 5.93. The van der Waals surface area contributed by atoms with Crippen LogP contribution < -0.4 is 10.0 Å². The van der Waals surface area contributed by atoms with Gasteiger partial charge in [-0.05, 0) is 42.5 Å². The van der Waals surface area contributed by atoms with Gasteiger partial charge in [0, 0.05) is 5.69 Å². The number of hydrogen-bond acceptors (Lipinski definition) is 7. The minimum Gasteiger partial charge on any atom is -0.465 e. The third kappa shape index (κ3) is 4.48. The Labute approximate surface area is 189 Å². The number of benzene rings is 3. The smallest absolute Gasteiger partial charge is 0.339 e. The normalized spacial score (nSPS) is 11.2. The topological polar surface area (TPSA) is 110 Å². The van der Waals surface area contributed by atoms with Crippen molar-refractivity contribution in [3.63, 3.8) is 0 Å². The molecule has 0 saturated heterocycles. The molecule has 0 aliphatic rings. The molecule has 0 amide bonds. The molecule has 0 aliphatic heterocycles. The Balaban J connectivity index is 1.78. The molecule has 0 spiro atoms. The maximum atomic E-state index is 12.9. The van der Waals surface area contributed by atoms with Crippen LogP contribution in [0.1, 0.15) is 10.4 Å². The van der Waals surface area contributed by atoms with E-state index in [0.29, 0.717) is 16.7 Å². The first kappa shape index (κ1) is 21.5. The van der Waals surface area contributed by atoms with Crippen molar-refractivity contribution in [1.82, 2.24) is 9.97 Å². The first-order valence-electron chi connectivity index (χ1n) is 9.37. The molecule has 0 saturated carbocycles. The van der Waals surface area contributed by atoms with Crippen molar-refractivity contribution in [3.05, 3.63) is 83.4 Å². The Morgan fingerprint density at radius 1 is 0.906 bits per heavy atom. The minimum absolute atomic E-state index is 0.00196. The van der Waals surface area contributed by atoms with Crippen molar-refractivity contribution in [2.24, 2.45) is 0 Å². The van der Waals surface area contributed by atoms with Crippen molar-refractivity contribution >= 4 is 56.0 Å². The number of carbonyl (C=O) groups is 1. The third-order valence-electron chi connectivity index (χ3n) is 4.49. The Morgan fingerprint density at radius 2 is 1.53 bits per heavy atom. The number of sulfonamides is 1. The van der Waals surface area contributed by atoms with E-state index in [0.717, 1.165) is 0 Å². The number of ether oxygens (including phenoxy) is 1. The Morgan fingerprint density at radius 3 is 2.19 bits per heavy atom. The fourth-order valence-electron chi connectivity index (χ4n) is 2.95. The van der Waals surface area contributed by atoms with Crippen LogP contribution in [0, 0.1) is 0 Å². The summed E-state index contributed by atoms with van der Waals surface area (Å²) in [6, 6.07) is 19.6. The summed E-state index contributed by atoms with van der Waals surface area (Å²) in [7, 11) is -2.66. The number of halogens is 1. The average Bonchev–Trinajstić information content (AvgIpc) is 2.80. The molecule has 2 N–H and O–H groups in total. The summed E-state index contributed by atoms with van der Waals surface area (Å²) in [5.41, 5.74) is 1.66. The van der Waals surface area contributed by atoms with Crippen LogP contribution in [0.2, 0.25) is 5.02 Å². The summed E-state index contributed by atoms with van der Waals surface area (Å²) in [6.07, 6.45) is 0. The molecule has 0 atom stereocenters. The Hall–Kier alpha value is -3.69. The predicted molar refractivity (Wildman–Crippen MR) is 123 cm³/mol. The molecule has 32 heavy (non-hydrogen) atoms. The second-order valence-electron chi connectivity index (χ2n) is 6.64. The first-order chi connectivity index (χ1) is 15.4. The van der Waals surface area contributed by atoms with Gasteiger partial charge in [-0.3, -0.25) is 4.72 Å². The number of aromatic nitrogens is 2. The molecule has 0 fully saturated rings. The van der Waals surface area contributed by atoms with Crippen LogP contribution in [-0.2, 0) is 14.8 Å². The zero-order valence-electron chi connectivity index (χ0n) is 16.7. The van der Waals surface area contributed by atoms with Crippen LogP contribution >= 0.6 is 11.6 Å². The van der Waals surface area contributed by atoms with Gasteiger partial charge in [-0.15, -0.1) is 0 Å². The number of anilines is 3. The molecule has 0 bridgehead atoms. The molecule has 4 aromatic rings. The van der Waals surface area contributed by atoms with E-state index >= 15 is 0 Å². The molecule has 1 aromatic heterocycles. The van der Waals surface area contributed by atoms with Crippen molar-refractivity contribution in [3.8, 4) is 0 Å². The first-order valence-corrected chi connectivity index (χ1v) is 11.2. The molecule has 4 rings (SSSR count). The number of carbonyl (C=O) groups excluding carboxylic acids is 1. The van der Waals surface area contributed by atoms with Gasteiger partial charge < -0.3 is 10.1 Å². The SMILES string of the molecule is COC(=O)c1cc(Nc2nc3ccccc3nc2NS(=O)(=O)c2ccccc2)ccc1Cl. The minimum atomic E-state index is -3.92. The molecule has 8 nitrogen and oxygen atoms in total. The van der Waals surface area contributed by atoms with Gasteiger partial charge in [0.25, 0.3) is 10.0 Å². The van der Waals surface area contributed by atoms with Crippen LogP contribution in [0.25, 0.3) is 11.0 Å². The van der Waals surface area contributed by atoms with E-state index in [1.807, 2.05) is 0 Å². The number of nitrogens with zero attached hydrogens (tertiary/aromatic N) is 2. The summed E-state index contributed by atoms with van der Waals surface area (Å²) in [4.78, 5) is 21.0. The standard InChI is InChI=1S/C22H17ClN4O4S/c1-31-22(28)16-13-14(11-12-17(16)23)24-20-21(26-19-10-6-5-9-18(19)25-20)27-32(29,30)15-7-3-2-4-8-15/h2-13H,1H3,(H,24,25)(H,26,27). The van der Waals surface area contributed by atoms with Gasteiger partial charge in [0.15, 0.2) is 11.6 Å². The van der Waals surface area contributed by atoms with E-state index in [-0.39, 0.29) is 27.1 Å². The molecule has 0 radical (unpaired) electrons. The average molecular weight is 469 g/mol. The number of hydrogen-bond donors (Lipinski definition) is 2. The molecule has 1 heterocycles. The monoisotopic (exact) mass is 468 g/mol. The lowest BCUT2D eigenvalue weighted by Gasteiger charge is -2.14. The van der Waals surface area contributed by atoms with E-state index in [4.69, 9.17) is 16.3 Å². The van der Waals surface area contributed by atoms with Gasteiger partial charge in [0.2, 0.25) is 0 Å². The maximum absolute atomic E-state index is 12.9. The molecule has 3 aromatic carbocycles. The zero-order chi connectivity index (χ0) is 22.7. The van der Waals surface area contributed by atoms with Crippen LogP contribution in [-0.4, -0.2) is 31.5 Å².